The SMILES string of the molecule is COC(=O)N1CCCC(C(=O)Nc2cc(Cl)ccc2Cl)C1. The zero-order valence-electron chi connectivity index (χ0n) is 11.6. The average molecular weight is 331 g/mol. The average Bonchev–Trinajstić information content (AvgIpc) is 2.50. The van der Waals surface area contributed by atoms with Crippen LogP contribution in [0.25, 0.3) is 0 Å². The van der Waals surface area contributed by atoms with Gasteiger partial charge in [0.25, 0.3) is 0 Å². The maximum atomic E-state index is 12.3. The lowest BCUT2D eigenvalue weighted by molar-refractivity contribution is -0.121. The van der Waals surface area contributed by atoms with Crippen molar-refractivity contribution in [2.75, 3.05) is 25.5 Å². The van der Waals surface area contributed by atoms with Crippen LogP contribution in [0.15, 0.2) is 18.2 Å². The number of rotatable bonds is 2. The number of halogens is 2. The summed E-state index contributed by atoms with van der Waals surface area (Å²) in [5.41, 5.74) is 0.476. The van der Waals surface area contributed by atoms with Gasteiger partial charge in [0.2, 0.25) is 5.91 Å². The van der Waals surface area contributed by atoms with Gasteiger partial charge in [-0.1, -0.05) is 23.2 Å². The molecular formula is C14H16Cl2N2O3. The minimum atomic E-state index is -0.409. The highest BCUT2D eigenvalue weighted by atomic mass is 35.5. The molecule has 1 heterocycles. The molecule has 0 radical (unpaired) electrons. The van der Waals surface area contributed by atoms with Crippen molar-refractivity contribution in [3.05, 3.63) is 28.2 Å². The summed E-state index contributed by atoms with van der Waals surface area (Å²) in [4.78, 5) is 25.4. The van der Waals surface area contributed by atoms with E-state index in [0.717, 1.165) is 12.8 Å². The van der Waals surface area contributed by atoms with Crippen molar-refractivity contribution in [2.24, 2.45) is 5.92 Å². The van der Waals surface area contributed by atoms with E-state index >= 15 is 0 Å². The summed E-state index contributed by atoms with van der Waals surface area (Å²) >= 11 is 11.9. The summed E-state index contributed by atoms with van der Waals surface area (Å²) in [7, 11) is 1.33. The summed E-state index contributed by atoms with van der Waals surface area (Å²) in [6, 6.07) is 4.88. The molecule has 1 aromatic carbocycles. The normalized spacial score (nSPS) is 18.2. The lowest BCUT2D eigenvalue weighted by atomic mass is 9.97. The van der Waals surface area contributed by atoms with Crippen LogP contribution < -0.4 is 5.32 Å². The fourth-order valence-corrected chi connectivity index (χ4v) is 2.65. The Bertz CT molecular complexity index is 551. The molecule has 0 aromatic heterocycles. The molecule has 21 heavy (non-hydrogen) atoms. The number of piperidine rings is 1. The number of nitrogens with one attached hydrogen (secondary N) is 1. The van der Waals surface area contributed by atoms with E-state index in [9.17, 15) is 9.59 Å². The van der Waals surface area contributed by atoms with Gasteiger partial charge in [-0.05, 0) is 31.0 Å². The maximum Gasteiger partial charge on any atom is 0.409 e. The van der Waals surface area contributed by atoms with E-state index in [1.165, 1.54) is 12.0 Å². The van der Waals surface area contributed by atoms with E-state index in [0.29, 0.717) is 28.8 Å². The zero-order chi connectivity index (χ0) is 15.4. The molecule has 1 aromatic rings. The van der Waals surface area contributed by atoms with Gasteiger partial charge in [0.15, 0.2) is 0 Å². The third-order valence-corrected chi connectivity index (χ3v) is 3.98. The molecule has 2 rings (SSSR count). The minimum absolute atomic E-state index is 0.173. The number of methoxy groups -OCH3 is 1. The van der Waals surface area contributed by atoms with Gasteiger partial charge < -0.3 is 15.0 Å². The molecule has 2 amide bonds. The van der Waals surface area contributed by atoms with Gasteiger partial charge in [-0.2, -0.15) is 0 Å². The smallest absolute Gasteiger partial charge is 0.409 e. The molecular weight excluding hydrogens is 315 g/mol. The Morgan fingerprint density at radius 3 is 2.86 bits per heavy atom. The van der Waals surface area contributed by atoms with Crippen LogP contribution in [0.1, 0.15) is 12.8 Å². The highest BCUT2D eigenvalue weighted by Gasteiger charge is 2.29. The van der Waals surface area contributed by atoms with Crippen LogP contribution in [0.3, 0.4) is 0 Å². The highest BCUT2D eigenvalue weighted by molar-refractivity contribution is 6.35. The van der Waals surface area contributed by atoms with E-state index in [-0.39, 0.29) is 11.8 Å². The topological polar surface area (TPSA) is 58.6 Å². The van der Waals surface area contributed by atoms with Gasteiger partial charge in [-0.25, -0.2) is 4.79 Å². The molecule has 5 nitrogen and oxygen atoms in total. The van der Waals surface area contributed by atoms with Crippen LogP contribution in [0, 0.1) is 5.92 Å². The standard InChI is InChI=1S/C14H16Cl2N2O3/c1-21-14(20)18-6-2-3-9(8-18)13(19)17-12-7-10(15)4-5-11(12)16/h4-5,7,9H,2-3,6,8H2,1H3,(H,17,19). The van der Waals surface area contributed by atoms with Gasteiger partial charge in [-0.15, -0.1) is 0 Å². The van der Waals surface area contributed by atoms with Crippen molar-refractivity contribution in [1.82, 2.24) is 4.90 Å². The molecule has 1 saturated heterocycles. The van der Waals surface area contributed by atoms with Crippen LogP contribution in [0.5, 0.6) is 0 Å². The number of hydrogen-bond acceptors (Lipinski definition) is 3. The van der Waals surface area contributed by atoms with Gasteiger partial charge in [0, 0.05) is 18.1 Å². The van der Waals surface area contributed by atoms with Crippen LogP contribution in [0.4, 0.5) is 10.5 Å². The summed E-state index contributed by atoms with van der Waals surface area (Å²) in [6.45, 7) is 0.949. The monoisotopic (exact) mass is 330 g/mol. The Hall–Kier alpha value is -1.46. The largest absolute Gasteiger partial charge is 0.453 e. The fourth-order valence-electron chi connectivity index (χ4n) is 2.31. The van der Waals surface area contributed by atoms with Gasteiger partial charge in [0.05, 0.1) is 23.7 Å². The van der Waals surface area contributed by atoms with Crippen molar-refractivity contribution in [2.45, 2.75) is 12.8 Å². The number of amides is 2. The van der Waals surface area contributed by atoms with Crippen LogP contribution in [0.2, 0.25) is 10.0 Å². The van der Waals surface area contributed by atoms with Crippen molar-refractivity contribution < 1.29 is 14.3 Å². The maximum absolute atomic E-state index is 12.3. The van der Waals surface area contributed by atoms with Crippen molar-refractivity contribution in [3.8, 4) is 0 Å². The van der Waals surface area contributed by atoms with Crippen LogP contribution in [-0.2, 0) is 9.53 Å². The Balaban J connectivity index is 2.02. The molecule has 0 bridgehead atoms. The second-order valence-electron chi connectivity index (χ2n) is 4.87. The summed E-state index contributed by atoms with van der Waals surface area (Å²) in [6.07, 6.45) is 1.07. The minimum Gasteiger partial charge on any atom is -0.453 e. The number of carbonyl (C=O) groups is 2. The molecule has 0 aliphatic carbocycles. The van der Waals surface area contributed by atoms with Crippen molar-refractivity contribution in [1.29, 1.82) is 0 Å². The quantitative estimate of drug-likeness (QED) is 0.903. The number of carbonyl (C=O) groups excluding carboxylic acids is 2. The third-order valence-electron chi connectivity index (χ3n) is 3.41. The molecule has 114 valence electrons. The van der Waals surface area contributed by atoms with Gasteiger partial charge >= 0.3 is 6.09 Å². The van der Waals surface area contributed by atoms with Crippen molar-refractivity contribution in [3.63, 3.8) is 0 Å². The second kappa shape index (κ2) is 7.00. The first kappa shape index (κ1) is 15.9. The molecule has 0 saturated carbocycles. The first-order chi connectivity index (χ1) is 10.0. The van der Waals surface area contributed by atoms with E-state index < -0.39 is 6.09 Å². The lowest BCUT2D eigenvalue weighted by Gasteiger charge is -2.30. The Kier molecular flexibility index (Phi) is 5.31. The number of hydrogen-bond donors (Lipinski definition) is 1. The molecule has 7 heteroatoms. The molecule has 1 aliphatic rings. The highest BCUT2D eigenvalue weighted by Crippen LogP contribution is 2.27. The summed E-state index contributed by atoms with van der Waals surface area (Å²) in [5, 5.41) is 3.68. The number of benzene rings is 1. The second-order valence-corrected chi connectivity index (χ2v) is 5.71. The Morgan fingerprint density at radius 2 is 2.14 bits per heavy atom. The molecule has 0 spiro atoms. The fraction of sp³-hybridized carbons (Fsp3) is 0.429. The number of ether oxygens (including phenoxy) is 1. The van der Waals surface area contributed by atoms with Crippen molar-refractivity contribution >= 4 is 40.9 Å². The summed E-state index contributed by atoms with van der Waals surface area (Å²) < 4.78 is 4.69. The lowest BCUT2D eigenvalue weighted by Crippen LogP contribution is -2.43. The Morgan fingerprint density at radius 1 is 1.38 bits per heavy atom. The predicted octanol–water partition coefficient (Wildman–Crippen LogP) is 3.41. The summed E-state index contributed by atoms with van der Waals surface area (Å²) in [5.74, 6) is -0.458. The van der Waals surface area contributed by atoms with Gasteiger partial charge in [-0.3, -0.25) is 4.79 Å². The van der Waals surface area contributed by atoms with E-state index in [1.54, 1.807) is 18.2 Å². The predicted molar refractivity (Wildman–Crippen MR) is 81.8 cm³/mol. The number of anilines is 1. The van der Waals surface area contributed by atoms with E-state index in [2.05, 4.69) is 10.1 Å². The molecule has 1 fully saturated rings. The Labute approximate surface area is 133 Å². The molecule has 1 atom stereocenters. The van der Waals surface area contributed by atoms with E-state index in [1.807, 2.05) is 0 Å². The number of likely N-dealkylation sites (tertiary alicyclic amines) is 1. The third kappa shape index (κ3) is 4.02. The van der Waals surface area contributed by atoms with E-state index in [4.69, 9.17) is 23.2 Å². The first-order valence-electron chi connectivity index (χ1n) is 6.60. The zero-order valence-corrected chi connectivity index (χ0v) is 13.1. The van der Waals surface area contributed by atoms with Gasteiger partial charge in [0.1, 0.15) is 0 Å². The first-order valence-corrected chi connectivity index (χ1v) is 7.35. The molecule has 1 aliphatic heterocycles. The molecule has 1 N–H and O–H groups in total. The van der Waals surface area contributed by atoms with Crippen LogP contribution >= 0.6 is 23.2 Å². The molecule has 1 unspecified atom stereocenters. The number of nitrogens with zero attached hydrogens (tertiary/aromatic N) is 1. The van der Waals surface area contributed by atoms with Crippen LogP contribution in [-0.4, -0.2) is 37.1 Å².